The largest absolute Gasteiger partial charge is 0.433 e. The molecule has 1 aliphatic heterocycles. The predicted molar refractivity (Wildman–Crippen MR) is 99.0 cm³/mol. The van der Waals surface area contributed by atoms with E-state index in [0.717, 1.165) is 0 Å². The molecule has 5 nitrogen and oxygen atoms in total. The zero-order chi connectivity index (χ0) is 16.0. The lowest BCUT2D eigenvalue weighted by atomic mass is 11.9. The molecule has 0 aromatic carbocycles. The molecule has 0 atom stereocenters. The smallest absolute Gasteiger partial charge is 0.247 e. The molecule has 1 aliphatic rings. The SMILES string of the molecule is C[Si]1(C)N[Si](C)(C)O[Si](C)(C)N[Si](C)(C)O[Si](C)(C)N1. The van der Waals surface area contributed by atoms with E-state index < -0.39 is 42.3 Å². The van der Waals surface area contributed by atoms with E-state index in [1.807, 2.05) is 0 Å². The molecule has 1 rings (SSSR count). The van der Waals surface area contributed by atoms with Crippen LogP contribution in [-0.2, 0) is 8.23 Å². The zero-order valence-electron chi connectivity index (χ0n) is 14.8. The van der Waals surface area contributed by atoms with Crippen LogP contribution in [0.2, 0.25) is 65.5 Å². The minimum Gasteiger partial charge on any atom is -0.433 e. The van der Waals surface area contributed by atoms with Gasteiger partial charge < -0.3 is 22.2 Å². The van der Waals surface area contributed by atoms with Crippen molar-refractivity contribution in [2.24, 2.45) is 0 Å². The van der Waals surface area contributed by atoms with Crippen LogP contribution in [0.3, 0.4) is 0 Å². The summed E-state index contributed by atoms with van der Waals surface area (Å²) in [5, 5.41) is 0. The summed E-state index contributed by atoms with van der Waals surface area (Å²) in [5.41, 5.74) is 0. The van der Waals surface area contributed by atoms with Crippen molar-refractivity contribution in [1.82, 2.24) is 13.9 Å². The van der Waals surface area contributed by atoms with Crippen molar-refractivity contribution in [3.05, 3.63) is 0 Å². The van der Waals surface area contributed by atoms with E-state index in [4.69, 9.17) is 8.23 Å². The molecule has 0 spiro atoms. The Morgan fingerprint density at radius 3 is 1.00 bits per heavy atom. The average molecular weight is 368 g/mol. The van der Waals surface area contributed by atoms with Crippen LogP contribution >= 0.6 is 0 Å². The van der Waals surface area contributed by atoms with Gasteiger partial charge in [-0.25, -0.2) is 0 Å². The van der Waals surface area contributed by atoms with Crippen LogP contribution < -0.4 is 13.9 Å². The summed E-state index contributed by atoms with van der Waals surface area (Å²) in [6, 6.07) is 0. The van der Waals surface area contributed by atoms with Crippen LogP contribution in [0, 0.1) is 0 Å². The van der Waals surface area contributed by atoms with E-state index in [-0.39, 0.29) is 0 Å². The van der Waals surface area contributed by atoms with E-state index >= 15 is 0 Å². The normalized spacial score (nSPS) is 31.5. The second kappa shape index (κ2) is 5.51. The molecule has 0 bridgehead atoms. The number of nitrogens with one attached hydrogen (secondary N) is 3. The topological polar surface area (TPSA) is 54.5 Å². The number of hydrogen-bond donors (Lipinski definition) is 3. The lowest BCUT2D eigenvalue weighted by Gasteiger charge is -2.48. The highest BCUT2D eigenvalue weighted by Gasteiger charge is 2.47. The summed E-state index contributed by atoms with van der Waals surface area (Å²) in [4.78, 5) is 0. The summed E-state index contributed by atoms with van der Waals surface area (Å²) in [6.07, 6.45) is 0. The van der Waals surface area contributed by atoms with E-state index in [1.54, 1.807) is 0 Å². The van der Waals surface area contributed by atoms with Gasteiger partial charge in [-0.1, -0.05) is 0 Å². The number of rotatable bonds is 0. The van der Waals surface area contributed by atoms with Gasteiger partial charge in [-0.15, -0.1) is 0 Å². The van der Waals surface area contributed by atoms with Crippen LogP contribution in [0.4, 0.5) is 0 Å². The Labute approximate surface area is 130 Å². The molecule has 0 saturated carbocycles. The first-order chi connectivity index (χ1) is 8.54. The van der Waals surface area contributed by atoms with E-state index in [0.29, 0.717) is 0 Å². The fraction of sp³-hybridized carbons (Fsp3) is 1.00. The fourth-order valence-corrected chi connectivity index (χ4v) is 35.2. The molecule has 120 valence electrons. The zero-order valence-corrected chi connectivity index (χ0v) is 19.8. The minimum absolute atomic E-state index is 1.73. The molecule has 0 aromatic heterocycles. The molecule has 0 unspecified atom stereocenters. The summed E-state index contributed by atoms with van der Waals surface area (Å²) < 4.78 is 24.6. The Kier molecular flexibility index (Phi) is 5.21. The Hall–Kier alpha value is 0.884. The van der Waals surface area contributed by atoms with Gasteiger partial charge in [0.05, 0.1) is 0 Å². The summed E-state index contributed by atoms with van der Waals surface area (Å²) in [7, 11) is -9.35. The molecule has 0 amide bonds. The van der Waals surface area contributed by atoms with Gasteiger partial charge in [0.15, 0.2) is 8.40 Å². The van der Waals surface area contributed by atoms with Gasteiger partial charge in [-0.2, -0.15) is 0 Å². The van der Waals surface area contributed by atoms with Gasteiger partial charge in [0, 0.05) is 0 Å². The van der Waals surface area contributed by atoms with Crippen molar-refractivity contribution in [3.63, 3.8) is 0 Å². The quantitative estimate of drug-likeness (QED) is 0.574. The molecule has 1 heterocycles. The van der Waals surface area contributed by atoms with Crippen LogP contribution in [0.5, 0.6) is 0 Å². The molecule has 0 radical (unpaired) electrons. The first kappa shape index (κ1) is 18.9. The van der Waals surface area contributed by atoms with Crippen LogP contribution in [-0.4, -0.2) is 42.3 Å². The van der Waals surface area contributed by atoms with Crippen molar-refractivity contribution >= 4 is 42.3 Å². The lowest BCUT2D eigenvalue weighted by Crippen LogP contribution is -2.79. The molecular formula is C10H33N3O2Si5. The summed E-state index contributed by atoms with van der Waals surface area (Å²) in [6.45, 7) is 22.7. The van der Waals surface area contributed by atoms with Crippen LogP contribution in [0.1, 0.15) is 0 Å². The maximum atomic E-state index is 6.56. The third-order valence-electron chi connectivity index (χ3n) is 2.85. The fourth-order valence-electron chi connectivity index (χ4n) is 3.64. The van der Waals surface area contributed by atoms with Crippen molar-refractivity contribution in [3.8, 4) is 0 Å². The van der Waals surface area contributed by atoms with Crippen molar-refractivity contribution < 1.29 is 8.23 Å². The van der Waals surface area contributed by atoms with Gasteiger partial charge >= 0.3 is 0 Å². The van der Waals surface area contributed by atoms with Gasteiger partial charge in [0.1, 0.15) is 0 Å². The third kappa shape index (κ3) is 6.33. The lowest BCUT2D eigenvalue weighted by molar-refractivity contribution is 0.491. The van der Waals surface area contributed by atoms with Gasteiger partial charge in [-0.05, 0) is 65.5 Å². The highest BCUT2D eigenvalue weighted by atomic mass is 28.5. The van der Waals surface area contributed by atoms with Crippen LogP contribution in [0.15, 0.2) is 0 Å². The van der Waals surface area contributed by atoms with Crippen molar-refractivity contribution in [2.45, 2.75) is 65.5 Å². The number of hydrogen-bond acceptors (Lipinski definition) is 5. The Bertz CT molecular complexity index is 273. The maximum absolute atomic E-state index is 6.56. The van der Waals surface area contributed by atoms with E-state index in [2.05, 4.69) is 79.4 Å². The third-order valence-corrected chi connectivity index (χ3v) is 25.6. The highest BCUT2D eigenvalue weighted by Crippen LogP contribution is 2.20. The Morgan fingerprint density at radius 2 is 0.700 bits per heavy atom. The standard InChI is InChI=1S/C10H33N3O2Si5/c1-16(2)11-17(3,4)14-19(7,8)13-20(9,10)15-18(5,6)12-16/h11-13H,1-10H3. The van der Waals surface area contributed by atoms with Gasteiger partial charge in [0.25, 0.3) is 0 Å². The molecule has 1 saturated heterocycles. The molecule has 1 fully saturated rings. The Morgan fingerprint density at radius 1 is 0.450 bits per heavy atom. The van der Waals surface area contributed by atoms with Crippen molar-refractivity contribution in [2.75, 3.05) is 0 Å². The monoisotopic (exact) mass is 367 g/mol. The van der Waals surface area contributed by atoms with Gasteiger partial charge in [-0.3, -0.25) is 0 Å². The van der Waals surface area contributed by atoms with Gasteiger partial charge in [0.2, 0.25) is 33.9 Å². The van der Waals surface area contributed by atoms with E-state index in [1.165, 1.54) is 0 Å². The molecule has 3 N–H and O–H groups in total. The second-order valence-electron chi connectivity index (χ2n) is 8.25. The molecule has 0 aromatic rings. The van der Waals surface area contributed by atoms with Crippen LogP contribution in [0.25, 0.3) is 0 Å². The molecule has 0 aliphatic carbocycles. The second-order valence-corrected chi connectivity index (χ2v) is 28.2. The molecule has 20 heavy (non-hydrogen) atoms. The maximum Gasteiger partial charge on any atom is 0.247 e. The average Bonchev–Trinajstić information content (AvgIpc) is 1.84. The summed E-state index contributed by atoms with van der Waals surface area (Å²) in [5.74, 6) is 0. The Balaban J connectivity index is 3.15. The van der Waals surface area contributed by atoms with E-state index in [9.17, 15) is 0 Å². The molecular weight excluding hydrogens is 335 g/mol. The summed E-state index contributed by atoms with van der Waals surface area (Å²) >= 11 is 0. The first-order valence-electron chi connectivity index (χ1n) is 7.32. The van der Waals surface area contributed by atoms with Crippen molar-refractivity contribution in [1.29, 1.82) is 0 Å². The highest BCUT2D eigenvalue weighted by molar-refractivity contribution is 7.00. The molecule has 10 heteroatoms. The first-order valence-corrected chi connectivity index (χ1v) is 21.9. The minimum atomic E-state index is -1.92. The predicted octanol–water partition coefficient (Wildman–Crippen LogP) is 2.31.